The zero-order valence-electron chi connectivity index (χ0n) is 15.9. The molecule has 152 valence electrons. The van der Waals surface area contributed by atoms with Gasteiger partial charge in [0.05, 0.1) is 24.7 Å². The second-order valence-corrected chi connectivity index (χ2v) is 7.59. The summed E-state index contributed by atoms with van der Waals surface area (Å²) < 4.78 is 33.2. The molecule has 0 aliphatic carbocycles. The van der Waals surface area contributed by atoms with Crippen molar-refractivity contribution in [2.45, 2.75) is 37.6 Å². The molecule has 2 aromatic rings. The average Bonchev–Trinajstić information content (AvgIpc) is 3.11. The number of ether oxygens (including phenoxy) is 1. The minimum Gasteiger partial charge on any atom is -0.490 e. The number of carbonyl (C=O) groups is 1. The first kappa shape index (κ1) is 19.5. The number of carbonyl (C=O) groups excluding carboxylic acids is 1. The zero-order chi connectivity index (χ0) is 20.4. The van der Waals surface area contributed by atoms with E-state index in [0.29, 0.717) is 29.7 Å². The van der Waals surface area contributed by atoms with Gasteiger partial charge in [-0.1, -0.05) is 0 Å². The summed E-state index contributed by atoms with van der Waals surface area (Å²) in [7, 11) is 0. The number of likely N-dealkylation sites (tertiary alicyclic amines) is 2. The van der Waals surface area contributed by atoms with Crippen molar-refractivity contribution in [3.05, 3.63) is 36.3 Å². The van der Waals surface area contributed by atoms with Crippen LogP contribution in [0, 0.1) is 17.1 Å². The number of nitriles is 1. The SMILES string of the molecule is N#CC1CC(F)CN1C(=O)CN1CCC(Oc2ccnc3ccc(F)cc23)CC1. The number of hydrogen-bond acceptors (Lipinski definition) is 5. The van der Waals surface area contributed by atoms with E-state index >= 15 is 0 Å². The van der Waals surface area contributed by atoms with E-state index in [4.69, 9.17) is 10.00 Å². The monoisotopic (exact) mass is 400 g/mol. The molecule has 1 amide bonds. The Morgan fingerprint density at radius 3 is 2.86 bits per heavy atom. The van der Waals surface area contributed by atoms with Crippen molar-refractivity contribution in [2.75, 3.05) is 26.2 Å². The molecular formula is C21H22F2N4O2. The highest BCUT2D eigenvalue weighted by Crippen LogP contribution is 2.28. The summed E-state index contributed by atoms with van der Waals surface area (Å²) in [5.74, 6) is 0.0652. The van der Waals surface area contributed by atoms with Gasteiger partial charge in [0.25, 0.3) is 0 Å². The van der Waals surface area contributed by atoms with Crippen LogP contribution in [0.3, 0.4) is 0 Å². The smallest absolute Gasteiger partial charge is 0.237 e. The summed E-state index contributed by atoms with van der Waals surface area (Å²) in [6.45, 7) is 1.51. The first-order chi connectivity index (χ1) is 14.0. The van der Waals surface area contributed by atoms with Crippen LogP contribution in [-0.2, 0) is 4.79 Å². The number of piperidine rings is 1. The molecule has 2 saturated heterocycles. The molecule has 2 aliphatic heterocycles. The van der Waals surface area contributed by atoms with Crippen LogP contribution in [0.15, 0.2) is 30.5 Å². The topological polar surface area (TPSA) is 69.5 Å². The maximum absolute atomic E-state index is 13.6. The standard InChI is InChI=1S/C21H22F2N4O2/c22-14-1-2-19-18(10-14)20(3-6-25-19)29-17-4-7-26(8-5-17)13-21(28)27-12-15(23)9-16(27)11-24/h1-3,6,10,15-17H,4-5,7-9,12-13H2. The molecule has 4 rings (SSSR count). The van der Waals surface area contributed by atoms with Crippen molar-refractivity contribution in [1.29, 1.82) is 5.26 Å². The number of hydrogen-bond donors (Lipinski definition) is 0. The Kier molecular flexibility index (Phi) is 5.58. The predicted molar refractivity (Wildman–Crippen MR) is 102 cm³/mol. The van der Waals surface area contributed by atoms with Gasteiger partial charge >= 0.3 is 0 Å². The van der Waals surface area contributed by atoms with Gasteiger partial charge in [0.1, 0.15) is 29.9 Å². The van der Waals surface area contributed by atoms with Crippen LogP contribution in [-0.4, -0.2) is 65.2 Å². The van der Waals surface area contributed by atoms with Crippen molar-refractivity contribution in [1.82, 2.24) is 14.8 Å². The number of aromatic nitrogens is 1. The number of rotatable bonds is 4. The average molecular weight is 400 g/mol. The van der Waals surface area contributed by atoms with Crippen molar-refractivity contribution >= 4 is 16.8 Å². The van der Waals surface area contributed by atoms with E-state index in [1.807, 2.05) is 11.0 Å². The maximum atomic E-state index is 13.6. The molecule has 0 saturated carbocycles. The van der Waals surface area contributed by atoms with E-state index in [9.17, 15) is 13.6 Å². The van der Waals surface area contributed by atoms with Gasteiger partial charge in [0, 0.05) is 31.1 Å². The Morgan fingerprint density at radius 1 is 1.31 bits per heavy atom. The first-order valence-electron chi connectivity index (χ1n) is 9.80. The molecular weight excluding hydrogens is 378 g/mol. The van der Waals surface area contributed by atoms with E-state index < -0.39 is 12.2 Å². The molecule has 2 atom stereocenters. The predicted octanol–water partition coefficient (Wildman–Crippen LogP) is 2.68. The normalized spacial score (nSPS) is 23.3. The van der Waals surface area contributed by atoms with E-state index in [0.717, 1.165) is 12.8 Å². The van der Waals surface area contributed by atoms with E-state index in [-0.39, 0.29) is 37.3 Å². The number of pyridine rings is 1. The van der Waals surface area contributed by atoms with Crippen molar-refractivity contribution < 1.29 is 18.3 Å². The highest BCUT2D eigenvalue weighted by molar-refractivity contribution is 5.84. The van der Waals surface area contributed by atoms with Gasteiger partial charge in [-0.05, 0) is 37.1 Å². The summed E-state index contributed by atoms with van der Waals surface area (Å²) >= 11 is 0. The molecule has 0 spiro atoms. The second-order valence-electron chi connectivity index (χ2n) is 7.59. The van der Waals surface area contributed by atoms with Crippen LogP contribution in [0.4, 0.5) is 8.78 Å². The Hall–Kier alpha value is -2.79. The van der Waals surface area contributed by atoms with Gasteiger partial charge in [-0.15, -0.1) is 0 Å². The third-order valence-electron chi connectivity index (χ3n) is 5.57. The van der Waals surface area contributed by atoms with Crippen LogP contribution in [0.5, 0.6) is 5.75 Å². The lowest BCUT2D eigenvalue weighted by molar-refractivity contribution is -0.133. The van der Waals surface area contributed by atoms with Crippen molar-refractivity contribution in [2.24, 2.45) is 0 Å². The molecule has 2 aliphatic rings. The van der Waals surface area contributed by atoms with Crippen LogP contribution in [0.1, 0.15) is 19.3 Å². The first-order valence-corrected chi connectivity index (χ1v) is 9.80. The van der Waals surface area contributed by atoms with Gasteiger partial charge in [0.15, 0.2) is 0 Å². The fraction of sp³-hybridized carbons (Fsp3) is 0.476. The van der Waals surface area contributed by atoms with E-state index in [1.165, 1.54) is 17.0 Å². The molecule has 2 fully saturated rings. The molecule has 8 heteroatoms. The summed E-state index contributed by atoms with van der Waals surface area (Å²) in [5.41, 5.74) is 0.677. The van der Waals surface area contributed by atoms with Gasteiger partial charge in [-0.3, -0.25) is 14.7 Å². The molecule has 6 nitrogen and oxygen atoms in total. The van der Waals surface area contributed by atoms with E-state index in [2.05, 4.69) is 4.98 Å². The summed E-state index contributed by atoms with van der Waals surface area (Å²) in [6.07, 6.45) is 2.02. The third-order valence-corrected chi connectivity index (χ3v) is 5.57. The Bertz CT molecular complexity index is 940. The van der Waals surface area contributed by atoms with Gasteiger partial charge in [-0.25, -0.2) is 8.78 Å². The quantitative estimate of drug-likeness (QED) is 0.789. The summed E-state index contributed by atoms with van der Waals surface area (Å²) in [4.78, 5) is 20.1. The lowest BCUT2D eigenvalue weighted by Gasteiger charge is -2.33. The van der Waals surface area contributed by atoms with Gasteiger partial charge in [-0.2, -0.15) is 5.26 Å². The van der Waals surface area contributed by atoms with E-state index in [1.54, 1.807) is 18.3 Å². The molecule has 0 radical (unpaired) electrons. The van der Waals surface area contributed by atoms with Crippen molar-refractivity contribution in [3.8, 4) is 11.8 Å². The highest BCUT2D eigenvalue weighted by atomic mass is 19.1. The molecule has 1 aromatic carbocycles. The minimum atomic E-state index is -1.12. The molecule has 1 aromatic heterocycles. The Labute approximate surface area is 167 Å². The number of alkyl halides is 1. The number of amides is 1. The van der Waals surface area contributed by atoms with Crippen molar-refractivity contribution in [3.63, 3.8) is 0 Å². The number of nitrogens with zero attached hydrogens (tertiary/aromatic N) is 4. The van der Waals surface area contributed by atoms with Gasteiger partial charge in [0.2, 0.25) is 5.91 Å². The lowest BCUT2D eigenvalue weighted by Crippen LogP contribution is -2.46. The Morgan fingerprint density at radius 2 is 2.10 bits per heavy atom. The molecule has 0 bridgehead atoms. The maximum Gasteiger partial charge on any atom is 0.237 e. The molecule has 29 heavy (non-hydrogen) atoms. The zero-order valence-corrected chi connectivity index (χ0v) is 15.9. The highest BCUT2D eigenvalue weighted by Gasteiger charge is 2.36. The second kappa shape index (κ2) is 8.29. The number of benzene rings is 1. The molecule has 0 N–H and O–H groups in total. The summed E-state index contributed by atoms with van der Waals surface area (Å²) in [6, 6.07) is 7.50. The lowest BCUT2D eigenvalue weighted by atomic mass is 10.1. The Balaban J connectivity index is 1.33. The van der Waals surface area contributed by atoms with Crippen LogP contribution in [0.2, 0.25) is 0 Å². The minimum absolute atomic E-state index is 0.00229. The largest absolute Gasteiger partial charge is 0.490 e. The number of halogens is 2. The van der Waals surface area contributed by atoms with Crippen LogP contribution in [0.25, 0.3) is 10.9 Å². The summed E-state index contributed by atoms with van der Waals surface area (Å²) in [5, 5.41) is 9.75. The van der Waals surface area contributed by atoms with Crippen LogP contribution < -0.4 is 4.74 Å². The molecule has 2 unspecified atom stereocenters. The fourth-order valence-electron chi connectivity index (χ4n) is 4.03. The third kappa shape index (κ3) is 4.30. The van der Waals surface area contributed by atoms with Crippen LogP contribution >= 0.6 is 0 Å². The fourth-order valence-corrected chi connectivity index (χ4v) is 4.03. The molecule has 3 heterocycles. The van der Waals surface area contributed by atoms with Gasteiger partial charge < -0.3 is 9.64 Å². The number of fused-ring (bicyclic) bond motifs is 1.